The highest BCUT2D eigenvalue weighted by atomic mass is 16.4. The first-order valence-corrected chi connectivity index (χ1v) is 17.6. The number of hydrogen-bond donors (Lipinski definition) is 3. The van der Waals surface area contributed by atoms with Crippen LogP contribution in [0.1, 0.15) is 40.7 Å². The topological polar surface area (TPSA) is 152 Å². The van der Waals surface area contributed by atoms with Gasteiger partial charge in [0.25, 0.3) is 0 Å². The molecule has 11 heteroatoms. The summed E-state index contributed by atoms with van der Waals surface area (Å²) in [4.78, 5) is 30.1. The van der Waals surface area contributed by atoms with Gasteiger partial charge < -0.3 is 19.9 Å². The number of likely N-dealkylation sites (tertiary alicyclic amines) is 2. The molecule has 0 aliphatic carbocycles. The normalized spacial score (nSPS) is 18.0. The first kappa shape index (κ1) is 33.5. The standard InChI is InChI=1S/C41H39N7O4/c1-24-31(5-3-7-33(24)40-46-36-18-26(17-29(19-42)38(36)52-40)20-47-15-11-28(22-47)41(50)51)32-6-4-8-35(25(32)2)45-39-37-34(10-14-44-39)27(9-13-43-37)21-48-16-12-30(49)23-48/h3-10,13-14,17-18,28,30,49H,11-12,15-16,20-23H2,1-2H3,(H,44,45)(H,50,51)/t28-,30+/m1/s1. The average molecular weight is 694 g/mol. The van der Waals surface area contributed by atoms with Crippen LogP contribution < -0.4 is 5.32 Å². The molecule has 262 valence electrons. The predicted octanol–water partition coefficient (Wildman–Crippen LogP) is 6.81. The van der Waals surface area contributed by atoms with Crippen molar-refractivity contribution in [3.05, 3.63) is 101 Å². The van der Waals surface area contributed by atoms with Gasteiger partial charge in [0, 0.05) is 61.8 Å². The van der Waals surface area contributed by atoms with Crippen LogP contribution in [-0.4, -0.2) is 73.2 Å². The summed E-state index contributed by atoms with van der Waals surface area (Å²) in [5, 5.41) is 34.1. The zero-order valence-electron chi connectivity index (χ0n) is 29.1. The molecule has 2 saturated heterocycles. The second kappa shape index (κ2) is 13.8. The molecule has 2 fully saturated rings. The second-order valence-corrected chi connectivity index (χ2v) is 14.0. The van der Waals surface area contributed by atoms with Crippen molar-refractivity contribution in [1.82, 2.24) is 24.8 Å². The molecule has 3 N–H and O–H groups in total. The van der Waals surface area contributed by atoms with Crippen LogP contribution in [-0.2, 0) is 17.9 Å². The Bertz CT molecular complexity index is 2380. The summed E-state index contributed by atoms with van der Waals surface area (Å²) in [7, 11) is 0. The van der Waals surface area contributed by atoms with E-state index >= 15 is 0 Å². The molecule has 3 aromatic carbocycles. The minimum absolute atomic E-state index is 0.270. The average Bonchev–Trinajstić information content (AvgIpc) is 3.90. The van der Waals surface area contributed by atoms with Gasteiger partial charge >= 0.3 is 5.97 Å². The van der Waals surface area contributed by atoms with E-state index in [1.807, 2.05) is 60.9 Å². The summed E-state index contributed by atoms with van der Waals surface area (Å²) in [6.07, 6.45) is 4.78. The Morgan fingerprint density at radius 2 is 1.69 bits per heavy atom. The van der Waals surface area contributed by atoms with E-state index < -0.39 is 5.97 Å². The minimum atomic E-state index is -0.767. The Kier molecular flexibility index (Phi) is 8.89. The molecule has 2 aliphatic rings. The fraction of sp³-hybridized carbons (Fsp3) is 0.293. The monoisotopic (exact) mass is 693 g/mol. The van der Waals surface area contributed by atoms with Gasteiger partial charge in [0.1, 0.15) is 17.1 Å². The second-order valence-electron chi connectivity index (χ2n) is 14.0. The Balaban J connectivity index is 1.08. The van der Waals surface area contributed by atoms with Gasteiger partial charge in [-0.05, 0) is 103 Å². The lowest BCUT2D eigenvalue weighted by Crippen LogP contribution is -2.22. The summed E-state index contributed by atoms with van der Waals surface area (Å²) in [5.41, 5.74) is 10.2. The zero-order chi connectivity index (χ0) is 35.9. The van der Waals surface area contributed by atoms with Crippen molar-refractivity contribution in [1.29, 1.82) is 5.26 Å². The van der Waals surface area contributed by atoms with Gasteiger partial charge in [-0.25, -0.2) is 9.97 Å². The molecule has 0 saturated carbocycles. The van der Waals surface area contributed by atoms with Gasteiger partial charge in [-0.2, -0.15) is 5.26 Å². The van der Waals surface area contributed by atoms with Crippen molar-refractivity contribution in [2.75, 3.05) is 31.5 Å². The van der Waals surface area contributed by atoms with E-state index in [1.165, 1.54) is 0 Å². The maximum atomic E-state index is 11.5. The Morgan fingerprint density at radius 1 is 0.942 bits per heavy atom. The highest BCUT2D eigenvalue weighted by Gasteiger charge is 2.28. The first-order chi connectivity index (χ1) is 25.2. The van der Waals surface area contributed by atoms with Gasteiger partial charge in [-0.3, -0.25) is 19.6 Å². The van der Waals surface area contributed by atoms with Crippen molar-refractivity contribution in [3.63, 3.8) is 0 Å². The van der Waals surface area contributed by atoms with Crippen LogP contribution in [0.3, 0.4) is 0 Å². The number of hydrogen-bond acceptors (Lipinski definition) is 10. The number of carboxylic acids is 1. The fourth-order valence-electron chi connectivity index (χ4n) is 7.73. The molecule has 0 bridgehead atoms. The van der Waals surface area contributed by atoms with E-state index in [0.29, 0.717) is 61.0 Å². The van der Waals surface area contributed by atoms with E-state index in [4.69, 9.17) is 14.4 Å². The number of carboxylic acid groups (broad SMARTS) is 1. The van der Waals surface area contributed by atoms with Crippen LogP contribution >= 0.6 is 0 Å². The SMILES string of the molecule is Cc1c(Nc2nccc3c(CN4CC[C@H](O)C4)ccnc23)cccc1-c1cccc(-c2nc3cc(CN4CC[C@@H](C(=O)O)C4)cc(C#N)c3o2)c1C. The van der Waals surface area contributed by atoms with Gasteiger partial charge in [0.15, 0.2) is 11.4 Å². The number of aromatic nitrogens is 3. The Labute approximate surface area is 301 Å². The molecular formula is C41H39N7O4. The first-order valence-electron chi connectivity index (χ1n) is 17.6. The smallest absolute Gasteiger partial charge is 0.307 e. The lowest BCUT2D eigenvalue weighted by atomic mass is 9.93. The van der Waals surface area contributed by atoms with Crippen LogP contribution in [0.25, 0.3) is 44.6 Å². The van der Waals surface area contributed by atoms with Crippen molar-refractivity contribution < 1.29 is 19.4 Å². The number of aliphatic carboxylic acids is 1. The molecule has 11 nitrogen and oxygen atoms in total. The molecule has 2 atom stereocenters. The van der Waals surface area contributed by atoms with Gasteiger partial charge in [-0.1, -0.05) is 24.3 Å². The van der Waals surface area contributed by atoms with E-state index in [-0.39, 0.29) is 12.0 Å². The number of carbonyl (C=O) groups is 1. The maximum absolute atomic E-state index is 11.5. The highest BCUT2D eigenvalue weighted by molar-refractivity contribution is 5.93. The summed E-state index contributed by atoms with van der Waals surface area (Å²) in [5.74, 6) is -0.0174. The summed E-state index contributed by atoms with van der Waals surface area (Å²) in [6, 6.07) is 22.3. The number of rotatable bonds is 9. The van der Waals surface area contributed by atoms with Gasteiger partial charge in [0.2, 0.25) is 5.89 Å². The van der Waals surface area contributed by atoms with Crippen LogP contribution in [0.4, 0.5) is 11.5 Å². The molecule has 0 amide bonds. The number of β-amino-alcohol motifs (C(OH)–C–C–N with tert-alkyl or cyclic N) is 1. The summed E-state index contributed by atoms with van der Waals surface area (Å²) < 4.78 is 6.28. The number of aliphatic hydroxyl groups excluding tert-OH is 1. The molecule has 0 radical (unpaired) electrons. The molecule has 5 heterocycles. The largest absolute Gasteiger partial charge is 0.481 e. The van der Waals surface area contributed by atoms with Crippen LogP contribution in [0, 0.1) is 31.1 Å². The quantitative estimate of drug-likeness (QED) is 0.146. The summed E-state index contributed by atoms with van der Waals surface area (Å²) >= 11 is 0. The fourth-order valence-corrected chi connectivity index (χ4v) is 7.73. The Morgan fingerprint density at radius 3 is 2.46 bits per heavy atom. The number of nitrogens with one attached hydrogen (secondary N) is 1. The molecule has 0 spiro atoms. The van der Waals surface area contributed by atoms with E-state index in [9.17, 15) is 20.3 Å². The molecule has 2 aliphatic heterocycles. The lowest BCUT2D eigenvalue weighted by Gasteiger charge is -2.18. The molecule has 3 aromatic heterocycles. The van der Waals surface area contributed by atoms with Crippen LogP contribution in [0.2, 0.25) is 0 Å². The van der Waals surface area contributed by atoms with E-state index in [2.05, 4.69) is 52.2 Å². The third kappa shape index (κ3) is 6.37. The third-order valence-corrected chi connectivity index (χ3v) is 10.5. The third-order valence-electron chi connectivity index (χ3n) is 10.5. The molecule has 0 unspecified atom stereocenters. The molecular weight excluding hydrogens is 654 g/mol. The number of anilines is 2. The maximum Gasteiger partial charge on any atom is 0.307 e. The molecule has 6 aromatic rings. The van der Waals surface area contributed by atoms with Crippen molar-refractivity contribution in [3.8, 4) is 28.7 Å². The number of aliphatic hydroxyl groups is 1. The van der Waals surface area contributed by atoms with Crippen molar-refractivity contribution >= 4 is 39.5 Å². The number of benzene rings is 3. The summed E-state index contributed by atoms with van der Waals surface area (Å²) in [6.45, 7) is 8.18. The highest BCUT2D eigenvalue weighted by Crippen LogP contribution is 2.38. The number of fused-ring (bicyclic) bond motifs is 2. The predicted molar refractivity (Wildman–Crippen MR) is 199 cm³/mol. The van der Waals surface area contributed by atoms with Gasteiger partial charge in [-0.15, -0.1) is 0 Å². The number of nitriles is 1. The zero-order valence-corrected chi connectivity index (χ0v) is 29.1. The van der Waals surface area contributed by atoms with Crippen LogP contribution in [0.5, 0.6) is 0 Å². The number of oxazole rings is 1. The van der Waals surface area contributed by atoms with E-state index in [1.54, 1.807) is 0 Å². The number of nitrogens with zero attached hydrogens (tertiary/aromatic N) is 6. The molecule has 8 rings (SSSR count). The van der Waals surface area contributed by atoms with E-state index in [0.717, 1.165) is 75.0 Å². The lowest BCUT2D eigenvalue weighted by molar-refractivity contribution is -0.141. The Hall–Kier alpha value is -5.67. The van der Waals surface area contributed by atoms with Crippen LogP contribution in [0.15, 0.2) is 77.5 Å². The molecule has 52 heavy (non-hydrogen) atoms. The van der Waals surface area contributed by atoms with Crippen molar-refractivity contribution in [2.45, 2.75) is 45.9 Å². The van der Waals surface area contributed by atoms with Crippen molar-refractivity contribution in [2.24, 2.45) is 5.92 Å². The van der Waals surface area contributed by atoms with Gasteiger partial charge in [0.05, 0.1) is 17.6 Å². The minimum Gasteiger partial charge on any atom is -0.481 e. The number of pyridine rings is 2.